The molecule has 3 nitrogen and oxygen atoms in total. The van der Waals surface area contributed by atoms with Crippen LogP contribution in [0.4, 0.5) is 10.1 Å². The Hall–Kier alpha value is -2.07. The molecular weight excluding hydrogens is 267 g/mol. The van der Waals surface area contributed by atoms with E-state index in [4.69, 9.17) is 10.5 Å². The maximum atomic E-state index is 14.2. The Labute approximate surface area is 125 Å². The van der Waals surface area contributed by atoms with Gasteiger partial charge in [0.2, 0.25) is 0 Å². The molecule has 2 N–H and O–H groups in total. The van der Waals surface area contributed by atoms with Crippen LogP contribution in [0.2, 0.25) is 0 Å². The van der Waals surface area contributed by atoms with Crippen LogP contribution < -0.4 is 15.4 Å². The SMILES string of the molecule is COc1cccc(CN(C)c2c(F)cccc2[C@H](C)N)c1. The average Bonchev–Trinajstić information content (AvgIpc) is 2.46. The smallest absolute Gasteiger partial charge is 0.146 e. The first-order chi connectivity index (χ1) is 10.0. The summed E-state index contributed by atoms with van der Waals surface area (Å²) in [6, 6.07) is 12.6. The van der Waals surface area contributed by atoms with Crippen LogP contribution in [0.3, 0.4) is 0 Å². The molecule has 2 aromatic rings. The van der Waals surface area contributed by atoms with Gasteiger partial charge in [0.25, 0.3) is 0 Å². The number of methoxy groups -OCH3 is 1. The second kappa shape index (κ2) is 6.59. The van der Waals surface area contributed by atoms with Gasteiger partial charge in [0.1, 0.15) is 11.6 Å². The summed E-state index contributed by atoms with van der Waals surface area (Å²) in [5.74, 6) is 0.539. The molecule has 1 atom stereocenters. The van der Waals surface area contributed by atoms with E-state index in [1.807, 2.05) is 49.2 Å². The van der Waals surface area contributed by atoms with Crippen LogP contribution in [0.1, 0.15) is 24.1 Å². The van der Waals surface area contributed by atoms with Gasteiger partial charge in [0, 0.05) is 19.6 Å². The van der Waals surface area contributed by atoms with Crippen LogP contribution in [-0.4, -0.2) is 14.2 Å². The molecule has 0 unspecified atom stereocenters. The molecule has 0 aromatic heterocycles. The van der Waals surface area contributed by atoms with E-state index in [2.05, 4.69) is 0 Å². The van der Waals surface area contributed by atoms with Crippen molar-refractivity contribution < 1.29 is 9.13 Å². The van der Waals surface area contributed by atoms with E-state index in [9.17, 15) is 4.39 Å². The second-order valence-electron chi connectivity index (χ2n) is 5.17. The fourth-order valence-electron chi connectivity index (χ4n) is 2.43. The number of hydrogen-bond donors (Lipinski definition) is 1. The Bertz CT molecular complexity index is 613. The highest BCUT2D eigenvalue weighted by Crippen LogP contribution is 2.29. The van der Waals surface area contributed by atoms with Crippen molar-refractivity contribution in [3.63, 3.8) is 0 Å². The third-order valence-electron chi connectivity index (χ3n) is 3.44. The zero-order chi connectivity index (χ0) is 15.4. The van der Waals surface area contributed by atoms with Crippen LogP contribution >= 0.6 is 0 Å². The van der Waals surface area contributed by atoms with Gasteiger partial charge in [-0.3, -0.25) is 0 Å². The molecule has 0 saturated carbocycles. The first-order valence-corrected chi connectivity index (χ1v) is 6.91. The number of ether oxygens (including phenoxy) is 1. The van der Waals surface area contributed by atoms with Gasteiger partial charge in [0.15, 0.2) is 0 Å². The monoisotopic (exact) mass is 288 g/mol. The third-order valence-corrected chi connectivity index (χ3v) is 3.44. The predicted octanol–water partition coefficient (Wildman–Crippen LogP) is 3.49. The average molecular weight is 288 g/mol. The van der Waals surface area contributed by atoms with Crippen LogP contribution in [0, 0.1) is 5.82 Å². The Morgan fingerprint density at radius 1 is 1.24 bits per heavy atom. The molecule has 112 valence electrons. The van der Waals surface area contributed by atoms with Crippen LogP contribution in [0.15, 0.2) is 42.5 Å². The number of nitrogens with two attached hydrogens (primary N) is 1. The molecule has 0 bridgehead atoms. The minimum atomic E-state index is -0.254. The van der Waals surface area contributed by atoms with Crippen LogP contribution in [0.25, 0.3) is 0 Å². The number of benzene rings is 2. The predicted molar refractivity (Wildman–Crippen MR) is 84.1 cm³/mol. The number of halogens is 1. The highest BCUT2D eigenvalue weighted by atomic mass is 19.1. The highest BCUT2D eigenvalue weighted by molar-refractivity contribution is 5.56. The third kappa shape index (κ3) is 3.52. The Morgan fingerprint density at radius 2 is 1.95 bits per heavy atom. The number of nitrogens with zero attached hydrogens (tertiary/aromatic N) is 1. The summed E-state index contributed by atoms with van der Waals surface area (Å²) in [6.07, 6.45) is 0. The summed E-state index contributed by atoms with van der Waals surface area (Å²) in [6.45, 7) is 2.44. The normalized spacial score (nSPS) is 12.0. The van der Waals surface area contributed by atoms with Crippen molar-refractivity contribution >= 4 is 5.69 Å². The second-order valence-corrected chi connectivity index (χ2v) is 5.17. The van der Waals surface area contributed by atoms with Gasteiger partial charge in [-0.15, -0.1) is 0 Å². The number of para-hydroxylation sites is 1. The van der Waals surface area contributed by atoms with Crippen molar-refractivity contribution in [2.24, 2.45) is 5.73 Å². The molecule has 2 aromatic carbocycles. The van der Waals surface area contributed by atoms with Crippen molar-refractivity contribution in [1.29, 1.82) is 0 Å². The Morgan fingerprint density at radius 3 is 2.62 bits per heavy atom. The standard InChI is InChI=1S/C17H21FN2O/c1-12(19)15-8-5-9-16(18)17(15)20(2)11-13-6-4-7-14(10-13)21-3/h4-10,12H,11,19H2,1-3H3/t12-/m0/s1. The maximum absolute atomic E-state index is 14.2. The van der Waals surface area contributed by atoms with E-state index >= 15 is 0 Å². The largest absolute Gasteiger partial charge is 0.497 e. The van der Waals surface area contributed by atoms with Crippen molar-refractivity contribution in [2.45, 2.75) is 19.5 Å². The molecule has 0 aliphatic rings. The summed E-state index contributed by atoms with van der Waals surface area (Å²) in [5, 5.41) is 0. The molecule has 0 aliphatic heterocycles. The minimum Gasteiger partial charge on any atom is -0.497 e. The number of hydrogen-bond acceptors (Lipinski definition) is 3. The van der Waals surface area contributed by atoms with Crippen LogP contribution in [0.5, 0.6) is 5.75 Å². The van der Waals surface area contributed by atoms with E-state index < -0.39 is 0 Å². The molecule has 4 heteroatoms. The van der Waals surface area contributed by atoms with Crippen molar-refractivity contribution in [3.05, 3.63) is 59.4 Å². The first kappa shape index (κ1) is 15.3. The van der Waals surface area contributed by atoms with Crippen molar-refractivity contribution in [1.82, 2.24) is 0 Å². The van der Waals surface area contributed by atoms with Gasteiger partial charge in [-0.2, -0.15) is 0 Å². The van der Waals surface area contributed by atoms with E-state index in [-0.39, 0.29) is 11.9 Å². The van der Waals surface area contributed by atoms with Gasteiger partial charge < -0.3 is 15.4 Å². The summed E-state index contributed by atoms with van der Waals surface area (Å²) in [7, 11) is 3.50. The Kier molecular flexibility index (Phi) is 4.81. The lowest BCUT2D eigenvalue weighted by atomic mass is 10.0. The molecule has 0 radical (unpaired) electrons. The number of rotatable bonds is 5. The fourth-order valence-corrected chi connectivity index (χ4v) is 2.43. The quantitative estimate of drug-likeness (QED) is 0.915. The molecule has 0 spiro atoms. The van der Waals surface area contributed by atoms with Gasteiger partial charge in [-0.05, 0) is 36.2 Å². The van der Waals surface area contributed by atoms with E-state index in [1.165, 1.54) is 6.07 Å². The summed E-state index contributed by atoms with van der Waals surface area (Å²) in [5.41, 5.74) is 8.36. The Balaban J connectivity index is 2.29. The molecular formula is C17H21FN2O. The summed E-state index contributed by atoms with van der Waals surface area (Å²) >= 11 is 0. The van der Waals surface area contributed by atoms with Gasteiger partial charge in [0.05, 0.1) is 12.8 Å². The molecule has 0 aliphatic carbocycles. The zero-order valence-electron chi connectivity index (χ0n) is 12.6. The molecule has 0 amide bonds. The first-order valence-electron chi connectivity index (χ1n) is 6.91. The van der Waals surface area contributed by atoms with E-state index in [1.54, 1.807) is 13.2 Å². The minimum absolute atomic E-state index is 0.219. The lowest BCUT2D eigenvalue weighted by Gasteiger charge is -2.24. The molecule has 0 fully saturated rings. The summed E-state index contributed by atoms with van der Waals surface area (Å²) < 4.78 is 19.4. The molecule has 21 heavy (non-hydrogen) atoms. The lowest BCUT2D eigenvalue weighted by Crippen LogP contribution is -2.21. The van der Waals surface area contributed by atoms with E-state index in [0.717, 1.165) is 16.9 Å². The summed E-state index contributed by atoms with van der Waals surface area (Å²) in [4.78, 5) is 1.88. The highest BCUT2D eigenvalue weighted by Gasteiger charge is 2.15. The zero-order valence-corrected chi connectivity index (χ0v) is 12.6. The van der Waals surface area contributed by atoms with Gasteiger partial charge in [-0.25, -0.2) is 4.39 Å². The molecule has 0 saturated heterocycles. The van der Waals surface area contributed by atoms with Crippen molar-refractivity contribution in [3.8, 4) is 5.75 Å². The van der Waals surface area contributed by atoms with Crippen molar-refractivity contribution in [2.75, 3.05) is 19.1 Å². The fraction of sp³-hybridized carbons (Fsp3) is 0.294. The van der Waals surface area contributed by atoms with E-state index in [0.29, 0.717) is 12.2 Å². The number of anilines is 1. The molecule has 2 rings (SSSR count). The van der Waals surface area contributed by atoms with Gasteiger partial charge >= 0.3 is 0 Å². The van der Waals surface area contributed by atoms with Crippen LogP contribution in [-0.2, 0) is 6.54 Å². The molecule has 0 heterocycles. The van der Waals surface area contributed by atoms with Gasteiger partial charge in [-0.1, -0.05) is 24.3 Å². The maximum Gasteiger partial charge on any atom is 0.146 e. The topological polar surface area (TPSA) is 38.5 Å². The lowest BCUT2D eigenvalue weighted by molar-refractivity contribution is 0.414.